The summed E-state index contributed by atoms with van der Waals surface area (Å²) in [6, 6.07) is 23.3. The lowest BCUT2D eigenvalue weighted by atomic mass is 10.2. The number of anilines is 1. The molecule has 0 unspecified atom stereocenters. The van der Waals surface area contributed by atoms with E-state index in [4.69, 9.17) is 9.47 Å². The summed E-state index contributed by atoms with van der Waals surface area (Å²) in [6.45, 7) is 0.834. The molecule has 14 nitrogen and oxygen atoms in total. The fourth-order valence-electron chi connectivity index (χ4n) is 3.93. The SMILES string of the molecule is COc1cc(N=Nc2ccc([N+](=O)[O-])cc2)c(OC)cc1N=Nc1ccc(N=Nc2ccc(N(CCO)CCO)cc2)cc1. The first-order valence-corrected chi connectivity index (χ1v) is 13.4. The van der Waals surface area contributed by atoms with Crippen LogP contribution in [-0.4, -0.2) is 55.7 Å². The number of nitro groups is 1. The Labute approximate surface area is 252 Å². The second-order valence-corrected chi connectivity index (χ2v) is 9.04. The third-order valence-corrected chi connectivity index (χ3v) is 6.17. The highest BCUT2D eigenvalue weighted by Gasteiger charge is 2.12. The number of non-ortho nitro benzene ring substituents is 1. The standard InChI is InChI=1S/C30H30N8O6/c1-43-29-20-28(36-34-24-9-13-26(14-10-24)38(41)42)30(44-2)19-27(29)35-33-22-5-3-21(4-6-22)31-32-23-7-11-25(12-8-23)37(15-17-39)16-18-40/h3-14,19-20,39-40H,15-18H2,1-2H3. The number of nitrogens with zero attached hydrogens (tertiary/aromatic N) is 8. The monoisotopic (exact) mass is 598 g/mol. The molecule has 4 rings (SSSR count). The van der Waals surface area contributed by atoms with E-state index in [9.17, 15) is 20.3 Å². The molecule has 0 aliphatic rings. The second kappa shape index (κ2) is 15.6. The van der Waals surface area contributed by atoms with Gasteiger partial charge < -0.3 is 24.6 Å². The molecule has 0 bridgehead atoms. The van der Waals surface area contributed by atoms with Crippen LogP contribution in [0.2, 0.25) is 0 Å². The average molecular weight is 599 g/mol. The number of nitro benzene ring substituents is 1. The number of azo groups is 3. The van der Waals surface area contributed by atoms with E-state index in [-0.39, 0.29) is 18.9 Å². The van der Waals surface area contributed by atoms with Crippen molar-refractivity contribution in [2.24, 2.45) is 30.7 Å². The van der Waals surface area contributed by atoms with Gasteiger partial charge in [0.1, 0.15) is 22.9 Å². The summed E-state index contributed by atoms with van der Waals surface area (Å²) in [4.78, 5) is 12.2. The van der Waals surface area contributed by atoms with Crippen molar-refractivity contribution in [1.29, 1.82) is 0 Å². The molecule has 0 aliphatic carbocycles. The Morgan fingerprint density at radius 3 is 1.36 bits per heavy atom. The van der Waals surface area contributed by atoms with Crippen molar-refractivity contribution in [2.45, 2.75) is 0 Å². The van der Waals surface area contributed by atoms with Crippen LogP contribution in [0.4, 0.5) is 45.5 Å². The van der Waals surface area contributed by atoms with Crippen LogP contribution >= 0.6 is 0 Å². The van der Waals surface area contributed by atoms with Gasteiger partial charge in [0.15, 0.2) is 0 Å². The molecule has 0 fully saturated rings. The Hall–Kier alpha value is -5.60. The van der Waals surface area contributed by atoms with Crippen LogP contribution in [0.15, 0.2) is 116 Å². The zero-order valence-corrected chi connectivity index (χ0v) is 24.0. The fraction of sp³-hybridized carbons (Fsp3) is 0.200. The van der Waals surface area contributed by atoms with E-state index in [0.717, 1.165) is 5.69 Å². The zero-order valence-electron chi connectivity index (χ0n) is 24.0. The van der Waals surface area contributed by atoms with Crippen LogP contribution < -0.4 is 14.4 Å². The maximum absolute atomic E-state index is 10.9. The van der Waals surface area contributed by atoms with E-state index < -0.39 is 4.92 Å². The predicted octanol–water partition coefficient (Wildman–Crippen LogP) is 7.65. The van der Waals surface area contributed by atoms with Crippen LogP contribution in [-0.2, 0) is 0 Å². The van der Waals surface area contributed by atoms with Crippen LogP contribution in [0.25, 0.3) is 0 Å². The van der Waals surface area contributed by atoms with E-state index in [0.29, 0.717) is 58.7 Å². The second-order valence-electron chi connectivity index (χ2n) is 9.04. The topological polar surface area (TPSA) is 179 Å². The van der Waals surface area contributed by atoms with Gasteiger partial charge in [-0.05, 0) is 60.7 Å². The van der Waals surface area contributed by atoms with Gasteiger partial charge in [0.25, 0.3) is 5.69 Å². The van der Waals surface area contributed by atoms with Gasteiger partial charge in [0.2, 0.25) is 0 Å². The van der Waals surface area contributed by atoms with Crippen molar-refractivity contribution in [3.63, 3.8) is 0 Å². The number of aliphatic hydroxyl groups is 2. The van der Waals surface area contributed by atoms with E-state index in [1.807, 2.05) is 29.2 Å². The van der Waals surface area contributed by atoms with Gasteiger partial charge in [-0.1, -0.05) is 0 Å². The van der Waals surface area contributed by atoms with Crippen molar-refractivity contribution in [3.8, 4) is 11.5 Å². The summed E-state index contributed by atoms with van der Waals surface area (Å²) in [6.07, 6.45) is 0. The maximum atomic E-state index is 10.9. The minimum absolute atomic E-state index is 0.00833. The van der Waals surface area contributed by atoms with Gasteiger partial charge >= 0.3 is 0 Å². The molecule has 0 radical (unpaired) electrons. The predicted molar refractivity (Wildman–Crippen MR) is 164 cm³/mol. The molecular formula is C30H30N8O6. The van der Waals surface area contributed by atoms with Gasteiger partial charge in [-0.3, -0.25) is 10.1 Å². The lowest BCUT2D eigenvalue weighted by molar-refractivity contribution is -0.384. The Balaban J connectivity index is 1.44. The van der Waals surface area contributed by atoms with E-state index >= 15 is 0 Å². The fourth-order valence-corrected chi connectivity index (χ4v) is 3.93. The number of hydrogen-bond acceptors (Lipinski definition) is 13. The summed E-state index contributed by atoms with van der Waals surface area (Å²) < 4.78 is 10.9. The maximum Gasteiger partial charge on any atom is 0.269 e. The number of benzene rings is 4. The van der Waals surface area contributed by atoms with Crippen molar-refractivity contribution >= 4 is 45.5 Å². The minimum atomic E-state index is -0.486. The number of methoxy groups -OCH3 is 2. The molecule has 0 saturated heterocycles. The molecule has 44 heavy (non-hydrogen) atoms. The molecule has 0 saturated carbocycles. The zero-order chi connectivity index (χ0) is 31.3. The summed E-state index contributed by atoms with van der Waals surface area (Å²) in [5.74, 6) is 0.767. The molecule has 4 aromatic rings. The highest BCUT2D eigenvalue weighted by molar-refractivity contribution is 5.66. The third-order valence-electron chi connectivity index (χ3n) is 6.17. The van der Waals surface area contributed by atoms with E-state index in [2.05, 4.69) is 30.7 Å². The van der Waals surface area contributed by atoms with Crippen LogP contribution in [0.5, 0.6) is 11.5 Å². The molecule has 226 valence electrons. The Bertz CT molecular complexity index is 1620. The lowest BCUT2D eigenvalue weighted by Crippen LogP contribution is -2.29. The quantitative estimate of drug-likeness (QED) is 0.0849. The van der Waals surface area contributed by atoms with E-state index in [1.165, 1.54) is 38.5 Å². The number of hydrogen-bond donors (Lipinski definition) is 2. The van der Waals surface area contributed by atoms with Crippen molar-refractivity contribution in [3.05, 3.63) is 95.0 Å². The van der Waals surface area contributed by atoms with Gasteiger partial charge in [0, 0.05) is 43.0 Å². The van der Waals surface area contributed by atoms with Crippen molar-refractivity contribution in [1.82, 2.24) is 0 Å². The molecule has 14 heteroatoms. The Kier molecular flexibility index (Phi) is 11.1. The van der Waals surface area contributed by atoms with Crippen molar-refractivity contribution in [2.75, 3.05) is 45.4 Å². The summed E-state index contributed by atoms with van der Waals surface area (Å²) in [5.41, 5.74) is 3.89. The molecular weight excluding hydrogens is 568 g/mol. The molecule has 2 N–H and O–H groups in total. The van der Waals surface area contributed by atoms with Gasteiger partial charge in [-0.2, -0.15) is 20.5 Å². The number of rotatable bonds is 14. The first-order chi connectivity index (χ1) is 21.4. The first kappa shape index (κ1) is 31.3. The number of ether oxygens (including phenoxy) is 2. The first-order valence-electron chi connectivity index (χ1n) is 13.4. The Morgan fingerprint density at radius 2 is 1.00 bits per heavy atom. The number of aliphatic hydroxyl groups excluding tert-OH is 2. The highest BCUT2D eigenvalue weighted by atomic mass is 16.6. The van der Waals surface area contributed by atoms with Crippen LogP contribution in [0.1, 0.15) is 0 Å². The molecule has 0 heterocycles. The van der Waals surface area contributed by atoms with Crippen LogP contribution in [0, 0.1) is 10.1 Å². The smallest absolute Gasteiger partial charge is 0.269 e. The molecule has 0 spiro atoms. The third kappa shape index (κ3) is 8.47. The normalized spacial score (nSPS) is 11.5. The molecule has 0 aliphatic heterocycles. The van der Waals surface area contributed by atoms with Gasteiger partial charge in [-0.15, -0.1) is 10.2 Å². The molecule has 4 aromatic carbocycles. The molecule has 0 aromatic heterocycles. The van der Waals surface area contributed by atoms with Crippen LogP contribution in [0.3, 0.4) is 0 Å². The summed E-state index contributed by atoms with van der Waals surface area (Å²) in [7, 11) is 2.98. The lowest BCUT2D eigenvalue weighted by Gasteiger charge is -2.22. The molecule has 0 amide bonds. The van der Waals surface area contributed by atoms with Gasteiger partial charge in [-0.25, -0.2) is 0 Å². The minimum Gasteiger partial charge on any atom is -0.494 e. The average Bonchev–Trinajstić information content (AvgIpc) is 3.06. The summed E-state index contributed by atoms with van der Waals surface area (Å²) >= 11 is 0. The highest BCUT2D eigenvalue weighted by Crippen LogP contribution is 2.41. The van der Waals surface area contributed by atoms with E-state index in [1.54, 1.807) is 36.4 Å². The van der Waals surface area contributed by atoms with Gasteiger partial charge in [0.05, 0.1) is 55.1 Å². The van der Waals surface area contributed by atoms with Crippen molar-refractivity contribution < 1.29 is 24.6 Å². The largest absolute Gasteiger partial charge is 0.494 e. The Morgan fingerprint density at radius 1 is 0.636 bits per heavy atom. The summed E-state index contributed by atoms with van der Waals surface area (Å²) in [5, 5.41) is 54.8. The molecule has 0 atom stereocenters.